The summed E-state index contributed by atoms with van der Waals surface area (Å²) in [7, 11) is 0. The number of ether oxygens (including phenoxy) is 3. The van der Waals surface area contributed by atoms with Gasteiger partial charge in [-0.3, -0.25) is 4.79 Å². The van der Waals surface area contributed by atoms with E-state index in [9.17, 15) is 4.79 Å². The van der Waals surface area contributed by atoms with Crippen LogP contribution in [0.3, 0.4) is 0 Å². The molecule has 2 aromatic rings. The predicted molar refractivity (Wildman–Crippen MR) is 102 cm³/mol. The SMILES string of the molecule is Cc1ccc([C@@H](CNC(=O)/C=C/c2ccc3c(c2)OCO3)OCCO)cc1. The van der Waals surface area contributed by atoms with Crippen LogP contribution in [0.4, 0.5) is 0 Å². The Morgan fingerprint density at radius 1 is 1.22 bits per heavy atom. The van der Waals surface area contributed by atoms with Gasteiger partial charge < -0.3 is 24.6 Å². The lowest BCUT2D eigenvalue weighted by Crippen LogP contribution is -2.28. The summed E-state index contributed by atoms with van der Waals surface area (Å²) in [6.07, 6.45) is 2.86. The van der Waals surface area contributed by atoms with Crippen molar-refractivity contribution in [1.29, 1.82) is 0 Å². The van der Waals surface area contributed by atoms with Crippen molar-refractivity contribution in [1.82, 2.24) is 5.32 Å². The molecule has 3 rings (SSSR count). The van der Waals surface area contributed by atoms with E-state index in [-0.39, 0.29) is 32.0 Å². The van der Waals surface area contributed by atoms with Crippen LogP contribution in [-0.4, -0.2) is 37.6 Å². The van der Waals surface area contributed by atoms with Gasteiger partial charge in [0.2, 0.25) is 12.7 Å². The van der Waals surface area contributed by atoms with Gasteiger partial charge in [-0.05, 0) is 36.3 Å². The number of aliphatic hydroxyl groups is 1. The zero-order valence-electron chi connectivity index (χ0n) is 15.2. The molecule has 1 heterocycles. The molecular formula is C21H23NO5. The van der Waals surface area contributed by atoms with Crippen molar-refractivity contribution in [2.24, 2.45) is 0 Å². The lowest BCUT2D eigenvalue weighted by molar-refractivity contribution is -0.117. The Labute approximate surface area is 158 Å². The van der Waals surface area contributed by atoms with Gasteiger partial charge >= 0.3 is 0 Å². The molecule has 2 N–H and O–H groups in total. The second-order valence-corrected chi connectivity index (χ2v) is 6.18. The fraction of sp³-hybridized carbons (Fsp3) is 0.286. The van der Waals surface area contributed by atoms with E-state index in [1.165, 1.54) is 6.08 Å². The minimum atomic E-state index is -0.319. The molecule has 0 spiro atoms. The van der Waals surface area contributed by atoms with Crippen LogP contribution in [-0.2, 0) is 9.53 Å². The zero-order valence-corrected chi connectivity index (χ0v) is 15.2. The summed E-state index contributed by atoms with van der Waals surface area (Å²) in [5.74, 6) is 1.16. The molecule has 1 amide bonds. The summed E-state index contributed by atoms with van der Waals surface area (Å²) in [4.78, 5) is 12.2. The molecule has 0 unspecified atom stereocenters. The van der Waals surface area contributed by atoms with Crippen LogP contribution in [0.25, 0.3) is 6.08 Å². The maximum atomic E-state index is 12.2. The lowest BCUT2D eigenvalue weighted by atomic mass is 10.1. The minimum Gasteiger partial charge on any atom is -0.454 e. The molecule has 0 fully saturated rings. The maximum absolute atomic E-state index is 12.2. The maximum Gasteiger partial charge on any atom is 0.244 e. The highest BCUT2D eigenvalue weighted by molar-refractivity contribution is 5.91. The number of hydrogen-bond donors (Lipinski definition) is 2. The van der Waals surface area contributed by atoms with Crippen LogP contribution >= 0.6 is 0 Å². The molecule has 0 aliphatic carbocycles. The predicted octanol–water partition coefficient (Wildman–Crippen LogP) is 2.60. The van der Waals surface area contributed by atoms with Gasteiger partial charge in [0.15, 0.2) is 11.5 Å². The number of aliphatic hydroxyl groups excluding tert-OH is 1. The monoisotopic (exact) mass is 369 g/mol. The minimum absolute atomic E-state index is 0.0691. The van der Waals surface area contributed by atoms with Gasteiger partial charge in [-0.15, -0.1) is 0 Å². The van der Waals surface area contributed by atoms with Crippen LogP contribution in [0.2, 0.25) is 0 Å². The number of rotatable bonds is 8. The molecule has 1 aliphatic rings. The molecule has 27 heavy (non-hydrogen) atoms. The first kappa shape index (κ1) is 18.9. The van der Waals surface area contributed by atoms with Gasteiger partial charge in [0.25, 0.3) is 0 Å². The number of nitrogens with one attached hydrogen (secondary N) is 1. The summed E-state index contributed by atoms with van der Waals surface area (Å²) < 4.78 is 16.3. The van der Waals surface area contributed by atoms with Gasteiger partial charge in [-0.2, -0.15) is 0 Å². The topological polar surface area (TPSA) is 77.0 Å². The van der Waals surface area contributed by atoms with E-state index in [0.717, 1.165) is 16.7 Å². The third-order valence-corrected chi connectivity index (χ3v) is 4.14. The Morgan fingerprint density at radius 3 is 2.78 bits per heavy atom. The Hall–Kier alpha value is -2.83. The summed E-state index contributed by atoms with van der Waals surface area (Å²) in [6, 6.07) is 13.4. The van der Waals surface area contributed by atoms with E-state index in [1.54, 1.807) is 6.08 Å². The zero-order chi connectivity index (χ0) is 19.1. The molecular weight excluding hydrogens is 346 g/mol. The van der Waals surface area contributed by atoms with Crippen molar-refractivity contribution in [3.63, 3.8) is 0 Å². The number of hydrogen-bond acceptors (Lipinski definition) is 5. The second-order valence-electron chi connectivity index (χ2n) is 6.18. The average molecular weight is 369 g/mol. The fourth-order valence-corrected chi connectivity index (χ4v) is 2.69. The third-order valence-electron chi connectivity index (χ3n) is 4.14. The standard InChI is InChI=1S/C21H23NO5/c1-15-2-6-17(7-3-15)20(25-11-10-23)13-22-21(24)9-5-16-4-8-18-19(12-16)27-14-26-18/h2-9,12,20,23H,10-11,13-14H2,1H3,(H,22,24)/b9-5+/t20-/m1/s1. The Bertz CT molecular complexity index is 801. The van der Waals surface area contributed by atoms with E-state index in [2.05, 4.69) is 5.32 Å². The van der Waals surface area contributed by atoms with Crippen molar-refractivity contribution < 1.29 is 24.1 Å². The second kappa shape index (κ2) is 9.21. The van der Waals surface area contributed by atoms with Crippen molar-refractivity contribution in [2.45, 2.75) is 13.0 Å². The molecule has 0 saturated carbocycles. The molecule has 0 aromatic heterocycles. The number of fused-ring (bicyclic) bond motifs is 1. The normalized spacial score (nSPS) is 13.7. The van der Waals surface area contributed by atoms with Gasteiger partial charge in [-0.1, -0.05) is 35.9 Å². The van der Waals surface area contributed by atoms with E-state index in [0.29, 0.717) is 18.0 Å². The third kappa shape index (κ3) is 5.32. The lowest BCUT2D eigenvalue weighted by Gasteiger charge is -2.18. The highest BCUT2D eigenvalue weighted by atomic mass is 16.7. The smallest absolute Gasteiger partial charge is 0.244 e. The number of carbonyl (C=O) groups excluding carboxylic acids is 1. The first-order valence-electron chi connectivity index (χ1n) is 8.80. The van der Waals surface area contributed by atoms with Gasteiger partial charge in [0, 0.05) is 12.6 Å². The van der Waals surface area contributed by atoms with Gasteiger partial charge in [0.1, 0.15) is 0 Å². The first-order valence-corrected chi connectivity index (χ1v) is 8.80. The summed E-state index contributed by atoms with van der Waals surface area (Å²) >= 11 is 0. The molecule has 2 aromatic carbocycles. The average Bonchev–Trinajstić information content (AvgIpc) is 3.15. The molecule has 0 radical (unpaired) electrons. The van der Waals surface area contributed by atoms with Crippen LogP contribution in [0.5, 0.6) is 11.5 Å². The fourth-order valence-electron chi connectivity index (χ4n) is 2.69. The summed E-state index contributed by atoms with van der Waals surface area (Å²) in [5.41, 5.74) is 2.95. The Balaban J connectivity index is 1.57. The number of aryl methyl sites for hydroxylation is 1. The van der Waals surface area contributed by atoms with Crippen LogP contribution in [0.15, 0.2) is 48.5 Å². The van der Waals surface area contributed by atoms with E-state index >= 15 is 0 Å². The Morgan fingerprint density at radius 2 is 2.00 bits per heavy atom. The first-order chi connectivity index (χ1) is 13.2. The van der Waals surface area contributed by atoms with Crippen LogP contribution < -0.4 is 14.8 Å². The van der Waals surface area contributed by atoms with Crippen molar-refractivity contribution >= 4 is 12.0 Å². The van der Waals surface area contributed by atoms with Crippen molar-refractivity contribution in [3.05, 3.63) is 65.2 Å². The molecule has 6 heteroatoms. The highest BCUT2D eigenvalue weighted by Crippen LogP contribution is 2.32. The van der Waals surface area contributed by atoms with Crippen LogP contribution in [0, 0.1) is 6.92 Å². The Kier molecular flexibility index (Phi) is 6.46. The summed E-state index contributed by atoms with van der Waals surface area (Å²) in [6.45, 7) is 2.68. The molecule has 6 nitrogen and oxygen atoms in total. The highest BCUT2D eigenvalue weighted by Gasteiger charge is 2.14. The van der Waals surface area contributed by atoms with Crippen molar-refractivity contribution in [2.75, 3.05) is 26.6 Å². The van der Waals surface area contributed by atoms with Crippen molar-refractivity contribution in [3.8, 4) is 11.5 Å². The number of amides is 1. The van der Waals surface area contributed by atoms with Gasteiger partial charge in [0.05, 0.1) is 19.3 Å². The quantitative estimate of drug-likeness (QED) is 0.700. The van der Waals surface area contributed by atoms with E-state index < -0.39 is 0 Å². The van der Waals surface area contributed by atoms with E-state index in [4.69, 9.17) is 19.3 Å². The summed E-state index contributed by atoms with van der Waals surface area (Å²) in [5, 5.41) is 11.9. The number of carbonyl (C=O) groups is 1. The largest absolute Gasteiger partial charge is 0.454 e. The molecule has 1 aliphatic heterocycles. The molecule has 0 bridgehead atoms. The number of benzene rings is 2. The molecule has 0 saturated heterocycles. The molecule has 1 atom stereocenters. The van der Waals surface area contributed by atoms with E-state index in [1.807, 2.05) is 49.4 Å². The van der Waals surface area contributed by atoms with Crippen LogP contribution in [0.1, 0.15) is 22.8 Å². The molecule has 142 valence electrons. The van der Waals surface area contributed by atoms with Gasteiger partial charge in [-0.25, -0.2) is 0 Å².